The topological polar surface area (TPSA) is 94.6 Å². The maximum absolute atomic E-state index is 12.9. The van der Waals surface area contributed by atoms with Crippen LogP contribution in [0.5, 0.6) is 5.75 Å². The van der Waals surface area contributed by atoms with Crippen LogP contribution < -0.4 is 10.5 Å². The summed E-state index contributed by atoms with van der Waals surface area (Å²) in [5.41, 5.74) is 10.1. The van der Waals surface area contributed by atoms with E-state index in [0.717, 1.165) is 28.0 Å². The highest BCUT2D eigenvalue weighted by Crippen LogP contribution is 2.43. The summed E-state index contributed by atoms with van der Waals surface area (Å²) < 4.78 is 16.7. The molecule has 0 saturated carbocycles. The van der Waals surface area contributed by atoms with Crippen LogP contribution in [0.15, 0.2) is 102 Å². The molecule has 1 atom stereocenters. The summed E-state index contributed by atoms with van der Waals surface area (Å²) >= 11 is 0. The molecule has 2 N–H and O–H groups in total. The molecule has 0 saturated heterocycles. The molecule has 0 amide bonds. The minimum Gasteiger partial charge on any atom is -0.489 e. The fourth-order valence-corrected chi connectivity index (χ4v) is 4.15. The van der Waals surface area contributed by atoms with Crippen molar-refractivity contribution in [3.05, 3.63) is 113 Å². The van der Waals surface area contributed by atoms with Gasteiger partial charge in [0.25, 0.3) is 0 Å². The SMILES string of the molecule is CCOC(=O)C1=C(C)OC(N)=C(C#N)C1c1ccccc1-c1ccc(OCc2ccccc2)cc1. The summed E-state index contributed by atoms with van der Waals surface area (Å²) in [5.74, 6) is -0.189. The average molecular weight is 467 g/mol. The van der Waals surface area contributed by atoms with Gasteiger partial charge in [0.05, 0.1) is 18.1 Å². The van der Waals surface area contributed by atoms with Gasteiger partial charge in [-0.2, -0.15) is 5.26 Å². The Kier molecular flexibility index (Phi) is 7.18. The lowest BCUT2D eigenvalue weighted by Gasteiger charge is -2.28. The fourth-order valence-electron chi connectivity index (χ4n) is 4.15. The first-order valence-electron chi connectivity index (χ1n) is 11.3. The molecular formula is C29H26N2O4. The van der Waals surface area contributed by atoms with Gasteiger partial charge in [-0.15, -0.1) is 0 Å². The lowest BCUT2D eigenvalue weighted by atomic mass is 9.79. The molecule has 4 rings (SSSR count). The summed E-state index contributed by atoms with van der Waals surface area (Å²) in [7, 11) is 0. The zero-order valence-electron chi connectivity index (χ0n) is 19.7. The number of hydrogen-bond donors (Lipinski definition) is 1. The first kappa shape index (κ1) is 23.7. The standard InChI is InChI=1S/C29H26N2O4/c1-3-33-29(32)26-19(2)35-28(31)25(17-30)27(26)24-12-8-7-11-23(24)21-13-15-22(16-14-21)34-18-20-9-5-4-6-10-20/h4-16,27H,3,18,31H2,1-2H3. The normalized spacial score (nSPS) is 15.3. The van der Waals surface area contributed by atoms with Crippen molar-refractivity contribution in [3.8, 4) is 22.9 Å². The van der Waals surface area contributed by atoms with Gasteiger partial charge in [-0.05, 0) is 48.2 Å². The average Bonchev–Trinajstić information content (AvgIpc) is 2.88. The van der Waals surface area contributed by atoms with Crippen LogP contribution in [-0.2, 0) is 20.9 Å². The molecule has 0 aromatic heterocycles. The molecule has 6 nitrogen and oxygen atoms in total. The number of hydrogen-bond acceptors (Lipinski definition) is 6. The quantitative estimate of drug-likeness (QED) is 0.457. The molecule has 1 aliphatic rings. The summed E-state index contributed by atoms with van der Waals surface area (Å²) in [6, 6.07) is 27.4. The minimum atomic E-state index is -0.710. The molecule has 6 heteroatoms. The molecule has 0 aliphatic carbocycles. The monoisotopic (exact) mass is 466 g/mol. The second-order valence-electron chi connectivity index (χ2n) is 8.00. The highest BCUT2D eigenvalue weighted by molar-refractivity contribution is 5.93. The zero-order valence-corrected chi connectivity index (χ0v) is 19.7. The van der Waals surface area contributed by atoms with Gasteiger partial charge in [0.2, 0.25) is 5.88 Å². The Morgan fingerprint density at radius 2 is 1.71 bits per heavy atom. The third-order valence-corrected chi connectivity index (χ3v) is 5.79. The number of nitrogens with two attached hydrogens (primary N) is 1. The highest BCUT2D eigenvalue weighted by atomic mass is 16.5. The van der Waals surface area contributed by atoms with Gasteiger partial charge in [0, 0.05) is 0 Å². The Morgan fingerprint density at radius 1 is 1.03 bits per heavy atom. The molecule has 3 aromatic rings. The van der Waals surface area contributed by atoms with Crippen molar-refractivity contribution in [2.24, 2.45) is 5.73 Å². The summed E-state index contributed by atoms with van der Waals surface area (Å²) in [6.07, 6.45) is 0. The highest BCUT2D eigenvalue weighted by Gasteiger charge is 2.37. The van der Waals surface area contributed by atoms with E-state index < -0.39 is 11.9 Å². The molecule has 0 fully saturated rings. The van der Waals surface area contributed by atoms with Crippen LogP contribution in [0.1, 0.15) is 30.9 Å². The lowest BCUT2D eigenvalue weighted by Crippen LogP contribution is -2.25. The Bertz CT molecular complexity index is 1320. The van der Waals surface area contributed by atoms with Crippen LogP contribution in [0.4, 0.5) is 0 Å². The van der Waals surface area contributed by atoms with E-state index in [9.17, 15) is 10.1 Å². The van der Waals surface area contributed by atoms with E-state index in [1.165, 1.54) is 0 Å². The molecule has 0 bridgehead atoms. The van der Waals surface area contributed by atoms with Crippen molar-refractivity contribution in [1.29, 1.82) is 5.26 Å². The van der Waals surface area contributed by atoms with E-state index in [4.69, 9.17) is 19.9 Å². The van der Waals surface area contributed by atoms with Gasteiger partial charge in [-0.1, -0.05) is 66.7 Å². The molecule has 1 heterocycles. The lowest BCUT2D eigenvalue weighted by molar-refractivity contribution is -0.139. The molecule has 0 spiro atoms. The molecule has 1 aliphatic heterocycles. The third kappa shape index (κ3) is 5.04. The number of rotatable bonds is 7. The number of ether oxygens (including phenoxy) is 3. The number of nitriles is 1. The van der Waals surface area contributed by atoms with Gasteiger partial charge < -0.3 is 19.9 Å². The smallest absolute Gasteiger partial charge is 0.338 e. The van der Waals surface area contributed by atoms with Gasteiger partial charge in [0.1, 0.15) is 29.8 Å². The molecule has 35 heavy (non-hydrogen) atoms. The van der Waals surface area contributed by atoms with Crippen LogP contribution in [0.2, 0.25) is 0 Å². The van der Waals surface area contributed by atoms with E-state index in [1.54, 1.807) is 13.8 Å². The van der Waals surface area contributed by atoms with E-state index in [1.807, 2.05) is 78.9 Å². The van der Waals surface area contributed by atoms with E-state index in [2.05, 4.69) is 6.07 Å². The van der Waals surface area contributed by atoms with E-state index in [-0.39, 0.29) is 23.6 Å². The molecule has 176 valence electrons. The Hall–Kier alpha value is -4.50. The first-order valence-corrected chi connectivity index (χ1v) is 11.3. The van der Waals surface area contributed by atoms with Crippen molar-refractivity contribution >= 4 is 5.97 Å². The number of esters is 1. The predicted molar refractivity (Wildman–Crippen MR) is 133 cm³/mol. The van der Waals surface area contributed by atoms with Crippen molar-refractivity contribution in [2.45, 2.75) is 26.4 Å². The molecule has 3 aromatic carbocycles. The van der Waals surface area contributed by atoms with E-state index >= 15 is 0 Å². The van der Waals surface area contributed by atoms with E-state index in [0.29, 0.717) is 12.4 Å². The maximum atomic E-state index is 12.9. The van der Waals surface area contributed by atoms with Crippen LogP contribution >= 0.6 is 0 Å². The van der Waals surface area contributed by atoms with Crippen molar-refractivity contribution < 1.29 is 19.0 Å². The van der Waals surface area contributed by atoms with Crippen molar-refractivity contribution in [2.75, 3.05) is 6.61 Å². The number of allylic oxidation sites excluding steroid dienone is 2. The molecule has 0 radical (unpaired) electrons. The van der Waals surface area contributed by atoms with Crippen LogP contribution in [0.3, 0.4) is 0 Å². The Morgan fingerprint density at radius 3 is 2.40 bits per heavy atom. The zero-order chi connectivity index (χ0) is 24.8. The molecular weight excluding hydrogens is 440 g/mol. The Labute approximate surface area is 204 Å². The van der Waals surface area contributed by atoms with Gasteiger partial charge in [-0.3, -0.25) is 0 Å². The minimum absolute atomic E-state index is 0.0116. The van der Waals surface area contributed by atoms with Crippen LogP contribution in [0.25, 0.3) is 11.1 Å². The molecule has 1 unspecified atom stereocenters. The third-order valence-electron chi connectivity index (χ3n) is 5.79. The summed E-state index contributed by atoms with van der Waals surface area (Å²) in [5, 5.41) is 9.90. The van der Waals surface area contributed by atoms with Gasteiger partial charge in [0.15, 0.2) is 0 Å². The van der Waals surface area contributed by atoms with Crippen molar-refractivity contribution in [1.82, 2.24) is 0 Å². The van der Waals surface area contributed by atoms with Crippen LogP contribution in [0, 0.1) is 11.3 Å². The summed E-state index contributed by atoms with van der Waals surface area (Å²) in [6.45, 7) is 4.07. The Balaban J connectivity index is 1.70. The first-order chi connectivity index (χ1) is 17.0. The number of benzene rings is 3. The van der Waals surface area contributed by atoms with Gasteiger partial charge >= 0.3 is 5.97 Å². The number of carbonyl (C=O) groups excluding carboxylic acids is 1. The second kappa shape index (κ2) is 10.6. The summed E-state index contributed by atoms with van der Waals surface area (Å²) in [4.78, 5) is 12.9. The second-order valence-corrected chi connectivity index (χ2v) is 8.00. The van der Waals surface area contributed by atoms with Gasteiger partial charge in [-0.25, -0.2) is 4.79 Å². The largest absolute Gasteiger partial charge is 0.489 e. The number of nitrogens with zero attached hydrogens (tertiary/aromatic N) is 1. The fraction of sp³-hybridized carbons (Fsp3) is 0.172. The number of carbonyl (C=O) groups is 1. The predicted octanol–water partition coefficient (Wildman–Crippen LogP) is 5.58. The van der Waals surface area contributed by atoms with Crippen LogP contribution in [-0.4, -0.2) is 12.6 Å². The van der Waals surface area contributed by atoms with Crippen molar-refractivity contribution in [3.63, 3.8) is 0 Å². The maximum Gasteiger partial charge on any atom is 0.338 e.